The van der Waals surface area contributed by atoms with Gasteiger partial charge in [0.1, 0.15) is 0 Å². The molecule has 2 heterocycles. The van der Waals surface area contributed by atoms with Crippen LogP contribution in [0.25, 0.3) is 0 Å². The van der Waals surface area contributed by atoms with Crippen molar-refractivity contribution in [2.24, 2.45) is 0 Å². The summed E-state index contributed by atoms with van der Waals surface area (Å²) >= 11 is 1.35. The second-order valence-corrected chi connectivity index (χ2v) is 4.19. The topological polar surface area (TPSA) is 77.0 Å². The zero-order valence-electron chi connectivity index (χ0n) is 9.79. The molecule has 2 aromatic heterocycles. The third-order valence-electron chi connectivity index (χ3n) is 2.04. The Morgan fingerprint density at radius 1 is 1.56 bits per heavy atom. The number of hydrogen-bond donors (Lipinski definition) is 1. The molecule has 0 amide bonds. The van der Waals surface area contributed by atoms with Gasteiger partial charge in [0, 0.05) is 11.6 Å². The number of ether oxygens (including phenoxy) is 1. The van der Waals surface area contributed by atoms with E-state index in [0.717, 1.165) is 5.69 Å². The Labute approximate surface area is 108 Å². The Morgan fingerprint density at radius 2 is 2.44 bits per heavy atom. The van der Waals surface area contributed by atoms with E-state index in [0.29, 0.717) is 24.0 Å². The van der Waals surface area contributed by atoms with E-state index in [9.17, 15) is 4.79 Å². The minimum atomic E-state index is -0.402. The molecule has 0 spiro atoms. The average molecular weight is 264 g/mol. The van der Waals surface area contributed by atoms with E-state index in [1.807, 2.05) is 12.1 Å². The summed E-state index contributed by atoms with van der Waals surface area (Å²) in [6.45, 7) is 2.62. The van der Waals surface area contributed by atoms with Crippen molar-refractivity contribution in [2.45, 2.75) is 13.5 Å². The number of esters is 1. The summed E-state index contributed by atoms with van der Waals surface area (Å²) in [7, 11) is 0. The molecule has 0 saturated carbocycles. The maximum atomic E-state index is 11.4. The molecule has 1 N–H and O–H groups in total. The Bertz CT molecular complexity index is 515. The molecule has 0 aliphatic carbocycles. The van der Waals surface area contributed by atoms with Gasteiger partial charge in [-0.25, -0.2) is 9.78 Å². The van der Waals surface area contributed by atoms with Gasteiger partial charge in [-0.15, -0.1) is 11.3 Å². The Hall–Kier alpha value is -2.02. The van der Waals surface area contributed by atoms with Crippen molar-refractivity contribution in [1.29, 1.82) is 0 Å². The van der Waals surface area contributed by atoms with Gasteiger partial charge in [-0.05, 0) is 19.1 Å². The summed E-state index contributed by atoms with van der Waals surface area (Å²) in [5.41, 5.74) is 1.13. The van der Waals surface area contributed by atoms with Gasteiger partial charge < -0.3 is 10.1 Å². The quantitative estimate of drug-likeness (QED) is 0.829. The highest BCUT2D eigenvalue weighted by Crippen LogP contribution is 2.16. The lowest BCUT2D eigenvalue weighted by atomic mass is 10.4. The van der Waals surface area contributed by atoms with Gasteiger partial charge in [-0.2, -0.15) is 10.2 Å². The first-order valence-electron chi connectivity index (χ1n) is 5.42. The van der Waals surface area contributed by atoms with Crippen LogP contribution in [0.1, 0.15) is 23.1 Å². The molecule has 6 nitrogen and oxygen atoms in total. The van der Waals surface area contributed by atoms with E-state index < -0.39 is 5.97 Å². The zero-order valence-corrected chi connectivity index (χ0v) is 10.6. The van der Waals surface area contributed by atoms with Gasteiger partial charge >= 0.3 is 5.97 Å². The molecule has 2 rings (SSSR count). The Balaban J connectivity index is 1.93. The van der Waals surface area contributed by atoms with Crippen LogP contribution in [0.3, 0.4) is 0 Å². The highest BCUT2D eigenvalue weighted by atomic mass is 32.1. The summed E-state index contributed by atoms with van der Waals surface area (Å²) in [5, 5.41) is 13.1. The predicted molar refractivity (Wildman–Crippen MR) is 67.4 cm³/mol. The first-order chi connectivity index (χ1) is 8.79. The number of hydrogen-bond acceptors (Lipinski definition) is 7. The summed E-state index contributed by atoms with van der Waals surface area (Å²) in [6, 6.07) is 3.68. The van der Waals surface area contributed by atoms with Crippen LogP contribution < -0.4 is 5.32 Å². The van der Waals surface area contributed by atoms with E-state index >= 15 is 0 Å². The normalized spacial score (nSPS) is 10.1. The first kappa shape index (κ1) is 12.4. The Morgan fingerprint density at radius 3 is 3.17 bits per heavy atom. The number of nitrogens with one attached hydrogen (secondary N) is 1. The van der Waals surface area contributed by atoms with Crippen molar-refractivity contribution in [1.82, 2.24) is 15.2 Å². The van der Waals surface area contributed by atoms with E-state index in [4.69, 9.17) is 4.74 Å². The van der Waals surface area contributed by atoms with Crippen LogP contribution >= 0.6 is 11.3 Å². The molecule has 0 atom stereocenters. The number of nitrogens with zero attached hydrogens (tertiary/aromatic N) is 3. The van der Waals surface area contributed by atoms with E-state index in [2.05, 4.69) is 20.5 Å². The largest absolute Gasteiger partial charge is 0.461 e. The molecular weight excluding hydrogens is 252 g/mol. The molecule has 0 aromatic carbocycles. The lowest BCUT2D eigenvalue weighted by molar-refractivity contribution is 0.0520. The second kappa shape index (κ2) is 6.06. The standard InChI is InChI=1S/C11H12N4O2S/c1-2-17-10(16)9-7-18-11(14-9)12-6-8-4-3-5-13-15-8/h3-5,7H,2,6H2,1H3,(H,12,14). The molecule has 0 radical (unpaired) electrons. The van der Waals surface area contributed by atoms with Crippen LogP contribution in [-0.2, 0) is 11.3 Å². The van der Waals surface area contributed by atoms with Crippen LogP contribution in [0.15, 0.2) is 23.7 Å². The van der Waals surface area contributed by atoms with Gasteiger partial charge in [0.15, 0.2) is 10.8 Å². The third-order valence-corrected chi connectivity index (χ3v) is 2.84. The number of anilines is 1. The van der Waals surface area contributed by atoms with Crippen LogP contribution in [0.4, 0.5) is 5.13 Å². The average Bonchev–Trinajstić information content (AvgIpc) is 2.87. The van der Waals surface area contributed by atoms with Crippen molar-refractivity contribution in [2.75, 3.05) is 11.9 Å². The van der Waals surface area contributed by atoms with Crippen molar-refractivity contribution < 1.29 is 9.53 Å². The van der Waals surface area contributed by atoms with Gasteiger partial charge in [-0.1, -0.05) is 0 Å². The minimum Gasteiger partial charge on any atom is -0.461 e. The molecule has 18 heavy (non-hydrogen) atoms. The highest BCUT2D eigenvalue weighted by Gasteiger charge is 2.11. The van der Waals surface area contributed by atoms with E-state index in [1.54, 1.807) is 18.5 Å². The van der Waals surface area contributed by atoms with E-state index in [-0.39, 0.29) is 0 Å². The molecule has 0 aliphatic rings. The van der Waals surface area contributed by atoms with Crippen LogP contribution in [-0.4, -0.2) is 27.8 Å². The lowest BCUT2D eigenvalue weighted by Crippen LogP contribution is -2.06. The molecular formula is C11H12N4O2S. The van der Waals surface area contributed by atoms with Crippen molar-refractivity contribution >= 4 is 22.4 Å². The van der Waals surface area contributed by atoms with Crippen molar-refractivity contribution in [3.8, 4) is 0 Å². The molecule has 0 fully saturated rings. The van der Waals surface area contributed by atoms with Gasteiger partial charge in [0.25, 0.3) is 0 Å². The van der Waals surface area contributed by atoms with Gasteiger partial charge in [0.2, 0.25) is 0 Å². The third kappa shape index (κ3) is 3.24. The Kier molecular flexibility index (Phi) is 4.19. The predicted octanol–water partition coefficient (Wildman–Crippen LogP) is 1.72. The molecule has 2 aromatic rings. The highest BCUT2D eigenvalue weighted by molar-refractivity contribution is 7.13. The van der Waals surface area contributed by atoms with Gasteiger partial charge in [-0.3, -0.25) is 0 Å². The second-order valence-electron chi connectivity index (χ2n) is 3.33. The smallest absolute Gasteiger partial charge is 0.357 e. The lowest BCUT2D eigenvalue weighted by Gasteiger charge is -2.00. The zero-order chi connectivity index (χ0) is 12.8. The van der Waals surface area contributed by atoms with Crippen LogP contribution in [0, 0.1) is 0 Å². The SMILES string of the molecule is CCOC(=O)c1csc(NCc2cccnn2)n1. The fourth-order valence-corrected chi connectivity index (χ4v) is 1.93. The van der Waals surface area contributed by atoms with Crippen molar-refractivity contribution in [3.05, 3.63) is 35.1 Å². The summed E-state index contributed by atoms with van der Waals surface area (Å²) in [4.78, 5) is 15.5. The number of rotatable bonds is 5. The fraction of sp³-hybridized carbons (Fsp3) is 0.273. The summed E-state index contributed by atoms with van der Waals surface area (Å²) in [6.07, 6.45) is 1.62. The molecule has 94 valence electrons. The van der Waals surface area contributed by atoms with E-state index in [1.165, 1.54) is 11.3 Å². The molecule has 0 unspecified atom stereocenters. The number of carbonyl (C=O) groups excluding carboxylic acids is 1. The molecule has 7 heteroatoms. The summed E-state index contributed by atoms with van der Waals surface area (Å²) < 4.78 is 4.86. The fourth-order valence-electron chi connectivity index (χ4n) is 1.25. The molecule has 0 aliphatic heterocycles. The minimum absolute atomic E-state index is 0.323. The maximum Gasteiger partial charge on any atom is 0.357 e. The monoisotopic (exact) mass is 264 g/mol. The number of aromatic nitrogens is 3. The van der Waals surface area contributed by atoms with Crippen molar-refractivity contribution in [3.63, 3.8) is 0 Å². The molecule has 0 bridgehead atoms. The van der Waals surface area contributed by atoms with Crippen LogP contribution in [0.2, 0.25) is 0 Å². The maximum absolute atomic E-state index is 11.4. The molecule has 0 saturated heterocycles. The number of carbonyl (C=O) groups is 1. The van der Waals surface area contributed by atoms with Gasteiger partial charge in [0.05, 0.1) is 18.8 Å². The first-order valence-corrected chi connectivity index (χ1v) is 6.30. The van der Waals surface area contributed by atoms with Crippen LogP contribution in [0.5, 0.6) is 0 Å². The summed E-state index contributed by atoms with van der Waals surface area (Å²) in [5.74, 6) is -0.402. The number of thiazole rings is 1.